The molecule has 0 fully saturated rings. The molecule has 9 heteroatoms. The summed E-state index contributed by atoms with van der Waals surface area (Å²) in [4.78, 5) is 36.0. The van der Waals surface area contributed by atoms with Gasteiger partial charge in [-0.3, -0.25) is 14.4 Å². The number of hydrogen-bond acceptors (Lipinski definition) is 6. The van der Waals surface area contributed by atoms with Crippen LogP contribution in [0, 0.1) is 20.8 Å². The summed E-state index contributed by atoms with van der Waals surface area (Å²) in [6.45, 7) is 23.0. The largest absolute Gasteiger partial charge is 0.494 e. The molecule has 3 aromatic heterocycles. The van der Waals surface area contributed by atoms with Gasteiger partial charge in [-0.25, -0.2) is 0 Å². The summed E-state index contributed by atoms with van der Waals surface area (Å²) in [6, 6.07) is 58.1. The number of aromatic nitrogens is 3. The molecule has 0 aliphatic rings. The van der Waals surface area contributed by atoms with Crippen molar-refractivity contribution in [1.82, 2.24) is 13.7 Å². The molecule has 0 saturated heterocycles. The molecule has 0 N–H and O–H groups in total. The third-order valence-electron chi connectivity index (χ3n) is 12.9. The fourth-order valence-corrected chi connectivity index (χ4v) is 9.76. The van der Waals surface area contributed by atoms with Crippen LogP contribution in [-0.4, -0.2) is 50.9 Å². The zero-order chi connectivity index (χ0) is 53.9. The van der Waals surface area contributed by atoms with E-state index >= 15 is 0 Å². The number of aryl methyl sites for hydroxylation is 1. The molecule has 0 atom stereocenters. The van der Waals surface area contributed by atoms with Gasteiger partial charge in [0.1, 0.15) is 30.5 Å². The molecule has 0 radical (unpaired) electrons. The molecule has 9 nitrogen and oxygen atoms in total. The number of para-hydroxylation sites is 5. The van der Waals surface area contributed by atoms with E-state index in [0.29, 0.717) is 32.9 Å². The Morgan fingerprint density at radius 3 is 1.12 bits per heavy atom. The average molecular weight is 1000 g/mol. The first kappa shape index (κ1) is 56.1. The van der Waals surface area contributed by atoms with Crippen molar-refractivity contribution < 1.29 is 28.6 Å². The second kappa shape index (κ2) is 27.8. The number of benzene rings is 7. The topological polar surface area (TPSA) is 93.7 Å². The number of nitrogens with zero attached hydrogens (tertiary/aromatic N) is 3. The van der Waals surface area contributed by atoms with E-state index in [1.165, 1.54) is 5.39 Å². The van der Waals surface area contributed by atoms with Crippen LogP contribution in [0.2, 0.25) is 0 Å². The van der Waals surface area contributed by atoms with Crippen LogP contribution in [0.4, 0.5) is 0 Å². The summed E-state index contributed by atoms with van der Waals surface area (Å²) in [5.74, 6) is 2.99. The molecule has 3 heterocycles. The molecule has 0 unspecified atom stereocenters. The molecule has 75 heavy (non-hydrogen) atoms. The molecule has 0 aliphatic heterocycles. The summed E-state index contributed by atoms with van der Waals surface area (Å²) in [5, 5.41) is 5.37. The van der Waals surface area contributed by atoms with Gasteiger partial charge in [-0.1, -0.05) is 155 Å². The van der Waals surface area contributed by atoms with Crippen molar-refractivity contribution in [2.45, 2.75) is 95.3 Å². The summed E-state index contributed by atoms with van der Waals surface area (Å²) in [5.41, 5.74) is 8.79. The number of ether oxygens (including phenoxy) is 3. The number of fused-ring (bicyclic) bond motifs is 4. The Kier molecular flexibility index (Phi) is 20.8. The molecular formula is C66H73N3O6. The van der Waals surface area contributed by atoms with Crippen molar-refractivity contribution in [2.24, 2.45) is 0 Å². The van der Waals surface area contributed by atoms with Gasteiger partial charge in [-0.2, -0.15) is 0 Å². The second-order valence-corrected chi connectivity index (χ2v) is 17.6. The van der Waals surface area contributed by atoms with Crippen molar-refractivity contribution in [3.05, 3.63) is 210 Å². The third kappa shape index (κ3) is 13.5. The molecular weight excluding hydrogens is 931 g/mol. The maximum atomic E-state index is 12.1. The van der Waals surface area contributed by atoms with Gasteiger partial charge in [0, 0.05) is 78.4 Å². The normalized spacial score (nSPS) is 10.5. The van der Waals surface area contributed by atoms with Crippen LogP contribution in [0.5, 0.6) is 17.2 Å². The molecule has 0 amide bonds. The summed E-state index contributed by atoms with van der Waals surface area (Å²) in [6.07, 6.45) is 0.895. The molecule has 10 aromatic rings. The average Bonchev–Trinajstić information content (AvgIpc) is 4.02. The molecule has 388 valence electrons. The monoisotopic (exact) mass is 1000 g/mol. The van der Waals surface area contributed by atoms with E-state index in [0.717, 1.165) is 102 Å². The van der Waals surface area contributed by atoms with E-state index in [2.05, 4.69) is 50.1 Å². The van der Waals surface area contributed by atoms with Gasteiger partial charge in [-0.05, 0) is 102 Å². The third-order valence-corrected chi connectivity index (χ3v) is 12.9. The smallest absolute Gasteiger partial charge is 0.162 e. The fourth-order valence-electron chi connectivity index (χ4n) is 9.76. The van der Waals surface area contributed by atoms with Gasteiger partial charge < -0.3 is 27.9 Å². The van der Waals surface area contributed by atoms with Crippen LogP contribution >= 0.6 is 0 Å². The van der Waals surface area contributed by atoms with Crippen LogP contribution < -0.4 is 14.2 Å². The van der Waals surface area contributed by atoms with Crippen LogP contribution in [0.15, 0.2) is 176 Å². The standard InChI is InChI=1S/C23H21NO2.C20H21NO2.C19H19NO2.2C2H6/c1-16-23(17(2)25)20-11-5-6-12-21(20)24(16)14-15-26-22-13-7-9-18-8-3-4-10-19(18)22;1-15-20(16(2)22)18-11-6-7-12-19(18)21(15)13-8-14-23-17-9-4-3-5-10-17;1-14-19(15(2)21)17-10-6-7-11-18(17)20(14)12-13-22-16-8-4-3-5-9-16;2*1-2/h3-13H,14-15H2,1-2H3;3-7,9-12H,8,13-14H2,1-2H3;3-11H,12-13H2,1-2H3;2*1-2H3. The van der Waals surface area contributed by atoms with Gasteiger partial charge in [0.05, 0.1) is 19.7 Å². The van der Waals surface area contributed by atoms with Crippen molar-refractivity contribution in [3.8, 4) is 17.2 Å². The Bertz CT molecular complexity index is 3450. The maximum Gasteiger partial charge on any atom is 0.162 e. The van der Waals surface area contributed by atoms with E-state index in [1.807, 2.05) is 188 Å². The first-order valence-electron chi connectivity index (χ1n) is 26.3. The van der Waals surface area contributed by atoms with Crippen LogP contribution in [0.3, 0.4) is 0 Å². The predicted octanol–water partition coefficient (Wildman–Crippen LogP) is 16.3. The first-order valence-corrected chi connectivity index (χ1v) is 26.3. The van der Waals surface area contributed by atoms with Gasteiger partial charge in [0.15, 0.2) is 17.3 Å². The Hall–Kier alpha value is -8.17. The van der Waals surface area contributed by atoms with Crippen molar-refractivity contribution in [2.75, 3.05) is 19.8 Å². The SMILES string of the molecule is CC.CC.CC(=O)c1c(C)n(CCCOc2ccccc2)c2ccccc12.CC(=O)c1c(C)n(CCOc2cccc3ccccc23)c2ccccc12.CC(=O)c1c(C)n(CCOc2ccccc2)c2ccccc12. The number of hydrogen-bond donors (Lipinski definition) is 0. The number of carbonyl (C=O) groups excluding carboxylic acids is 3. The van der Waals surface area contributed by atoms with E-state index in [4.69, 9.17) is 14.2 Å². The van der Waals surface area contributed by atoms with Gasteiger partial charge in [0.2, 0.25) is 0 Å². The van der Waals surface area contributed by atoms with E-state index in [1.54, 1.807) is 20.8 Å². The van der Waals surface area contributed by atoms with Gasteiger partial charge in [0.25, 0.3) is 0 Å². The number of ketones is 3. The quantitative estimate of drug-likeness (QED) is 0.0707. The highest BCUT2D eigenvalue weighted by Gasteiger charge is 2.19. The predicted molar refractivity (Wildman–Crippen MR) is 311 cm³/mol. The van der Waals surface area contributed by atoms with E-state index < -0.39 is 0 Å². The first-order chi connectivity index (χ1) is 36.5. The van der Waals surface area contributed by atoms with Crippen LogP contribution in [-0.2, 0) is 19.6 Å². The highest BCUT2D eigenvalue weighted by atomic mass is 16.5. The summed E-state index contributed by atoms with van der Waals surface area (Å²) < 4.78 is 24.2. The Morgan fingerprint density at radius 1 is 0.360 bits per heavy atom. The van der Waals surface area contributed by atoms with Gasteiger partial charge >= 0.3 is 0 Å². The van der Waals surface area contributed by atoms with Crippen molar-refractivity contribution >= 4 is 60.8 Å². The minimum absolute atomic E-state index is 0.104. The van der Waals surface area contributed by atoms with E-state index in [9.17, 15) is 14.4 Å². The molecule has 0 saturated carbocycles. The van der Waals surface area contributed by atoms with Crippen molar-refractivity contribution in [1.29, 1.82) is 0 Å². The van der Waals surface area contributed by atoms with E-state index in [-0.39, 0.29) is 17.3 Å². The Labute approximate surface area is 443 Å². The highest BCUT2D eigenvalue weighted by Crippen LogP contribution is 2.30. The molecule has 0 bridgehead atoms. The number of Topliss-reactive ketones (excluding diaryl/α,β-unsaturated/α-hetero) is 3. The zero-order valence-electron chi connectivity index (χ0n) is 45.5. The van der Waals surface area contributed by atoms with Crippen molar-refractivity contribution in [3.63, 3.8) is 0 Å². The second-order valence-electron chi connectivity index (χ2n) is 17.6. The zero-order valence-corrected chi connectivity index (χ0v) is 45.5. The maximum absolute atomic E-state index is 12.1. The Balaban J connectivity index is 0.000000177. The summed E-state index contributed by atoms with van der Waals surface area (Å²) in [7, 11) is 0. The Morgan fingerprint density at radius 2 is 0.693 bits per heavy atom. The molecule has 7 aromatic carbocycles. The molecule has 0 aliphatic carbocycles. The molecule has 10 rings (SSSR count). The minimum atomic E-state index is 0.104. The summed E-state index contributed by atoms with van der Waals surface area (Å²) >= 11 is 0. The lowest BCUT2D eigenvalue weighted by molar-refractivity contribution is 0.101. The number of carbonyl (C=O) groups is 3. The van der Waals surface area contributed by atoms with Gasteiger partial charge in [-0.15, -0.1) is 0 Å². The lowest BCUT2D eigenvalue weighted by atomic mass is 10.1. The lowest BCUT2D eigenvalue weighted by Gasteiger charge is -2.12. The van der Waals surface area contributed by atoms with Crippen LogP contribution in [0.1, 0.15) is 103 Å². The molecule has 0 spiro atoms. The van der Waals surface area contributed by atoms with Crippen LogP contribution in [0.25, 0.3) is 43.5 Å². The minimum Gasteiger partial charge on any atom is -0.494 e. The number of rotatable bonds is 16. The highest BCUT2D eigenvalue weighted by molar-refractivity contribution is 6.10. The lowest BCUT2D eigenvalue weighted by Crippen LogP contribution is -2.10. The fraction of sp³-hybridized carbons (Fsp3) is 0.258.